The van der Waals surface area contributed by atoms with Gasteiger partial charge in [-0.2, -0.15) is 0 Å². The highest BCUT2D eigenvalue weighted by Gasteiger charge is 2.37. The number of halogens is 1. The molecule has 2 aliphatic heterocycles. The fourth-order valence-electron chi connectivity index (χ4n) is 3.84. The third-order valence-electron chi connectivity index (χ3n) is 5.24. The number of fused-ring (bicyclic) bond motifs is 2. The molecule has 0 aromatic heterocycles. The van der Waals surface area contributed by atoms with E-state index < -0.39 is 0 Å². The number of hydrogen-bond donors (Lipinski definition) is 1. The molecule has 2 aromatic carbocycles. The summed E-state index contributed by atoms with van der Waals surface area (Å²) in [6.45, 7) is 1.15. The Kier molecular flexibility index (Phi) is 4.51. The van der Waals surface area contributed by atoms with Gasteiger partial charge in [-0.1, -0.05) is 11.6 Å². The predicted molar refractivity (Wildman–Crippen MR) is 97.7 cm³/mol. The zero-order valence-corrected chi connectivity index (χ0v) is 15.6. The van der Waals surface area contributed by atoms with Gasteiger partial charge in [0.05, 0.1) is 32.7 Å². The second-order valence-electron chi connectivity index (χ2n) is 6.75. The average Bonchev–Trinajstić information content (AvgIpc) is 3.11. The summed E-state index contributed by atoms with van der Waals surface area (Å²) in [4.78, 5) is 14.1. The van der Waals surface area contributed by atoms with Gasteiger partial charge in [0.1, 0.15) is 6.04 Å². The van der Waals surface area contributed by atoms with Crippen molar-refractivity contribution < 1.29 is 23.9 Å². The molecule has 0 saturated heterocycles. The molecule has 0 fully saturated rings. The molecule has 5 nitrogen and oxygen atoms in total. The predicted octanol–water partition coefficient (Wildman–Crippen LogP) is 2.46. The zero-order chi connectivity index (χ0) is 18.3. The lowest BCUT2D eigenvalue weighted by Gasteiger charge is -2.32. The Morgan fingerprint density at radius 2 is 2.08 bits per heavy atom. The van der Waals surface area contributed by atoms with Gasteiger partial charge in [-0.3, -0.25) is 4.79 Å². The van der Waals surface area contributed by atoms with Gasteiger partial charge < -0.3 is 19.1 Å². The first-order chi connectivity index (χ1) is 12.6. The first-order valence-corrected chi connectivity index (χ1v) is 9.06. The van der Waals surface area contributed by atoms with E-state index in [1.165, 1.54) is 10.5 Å². The summed E-state index contributed by atoms with van der Waals surface area (Å²) < 4.78 is 16.8. The number of nitrogens with one attached hydrogen (secondary N) is 1. The molecule has 2 atom stereocenters. The summed E-state index contributed by atoms with van der Waals surface area (Å²) in [7, 11) is 3.76. The van der Waals surface area contributed by atoms with Crippen LogP contribution in [0.4, 0.5) is 0 Å². The van der Waals surface area contributed by atoms with Gasteiger partial charge in [0, 0.05) is 17.0 Å². The standard InChI is InChI=1S/C20H20ClNO4/c1-22-8-7-13-9-17-19(26-11-25-17)20(24-2)18(13)15(22)10-16(23)12-3-5-14(21)6-4-12/h3-6,9,15H,7-8,10-11H2,1-2H3/p+1/t15-/m1/s1. The molecule has 4 rings (SSSR count). The quantitative estimate of drug-likeness (QED) is 0.835. The molecule has 26 heavy (non-hydrogen) atoms. The van der Waals surface area contributed by atoms with Crippen LogP contribution in [0.2, 0.25) is 5.02 Å². The highest BCUT2D eigenvalue weighted by Crippen LogP contribution is 2.47. The van der Waals surface area contributed by atoms with Crippen LogP contribution in [-0.4, -0.2) is 33.3 Å². The van der Waals surface area contributed by atoms with Gasteiger partial charge >= 0.3 is 0 Å². The molecule has 0 bridgehead atoms. The van der Waals surface area contributed by atoms with Crippen molar-refractivity contribution in [2.45, 2.75) is 18.9 Å². The van der Waals surface area contributed by atoms with E-state index in [0.29, 0.717) is 28.5 Å². The molecule has 0 aliphatic carbocycles. The Morgan fingerprint density at radius 3 is 2.81 bits per heavy atom. The van der Waals surface area contributed by atoms with Crippen molar-refractivity contribution in [3.63, 3.8) is 0 Å². The van der Waals surface area contributed by atoms with Crippen LogP contribution in [0.1, 0.15) is 33.9 Å². The van der Waals surface area contributed by atoms with Gasteiger partial charge in [-0.25, -0.2) is 0 Å². The lowest BCUT2D eigenvalue weighted by atomic mass is 9.87. The summed E-state index contributed by atoms with van der Waals surface area (Å²) >= 11 is 5.93. The lowest BCUT2D eigenvalue weighted by molar-refractivity contribution is -0.913. The van der Waals surface area contributed by atoms with Crippen LogP contribution >= 0.6 is 11.6 Å². The van der Waals surface area contributed by atoms with Gasteiger partial charge in [-0.15, -0.1) is 0 Å². The van der Waals surface area contributed by atoms with Crippen LogP contribution in [0.25, 0.3) is 0 Å². The van der Waals surface area contributed by atoms with Crippen molar-refractivity contribution in [3.05, 3.63) is 52.0 Å². The highest BCUT2D eigenvalue weighted by atomic mass is 35.5. The van der Waals surface area contributed by atoms with Crippen LogP contribution in [0.5, 0.6) is 17.2 Å². The summed E-state index contributed by atoms with van der Waals surface area (Å²) in [6.07, 6.45) is 1.32. The summed E-state index contributed by atoms with van der Waals surface area (Å²) in [6, 6.07) is 9.09. The van der Waals surface area contributed by atoms with Gasteiger partial charge in [0.2, 0.25) is 12.5 Å². The molecular weight excluding hydrogens is 354 g/mol. The first kappa shape index (κ1) is 17.2. The monoisotopic (exact) mass is 374 g/mol. The molecule has 0 amide bonds. The Hall–Kier alpha value is -2.24. The molecule has 6 heteroatoms. The van der Waals surface area contributed by atoms with Crippen molar-refractivity contribution in [1.29, 1.82) is 0 Å². The third-order valence-corrected chi connectivity index (χ3v) is 5.49. The van der Waals surface area contributed by atoms with Crippen molar-refractivity contribution in [1.82, 2.24) is 0 Å². The molecule has 2 aromatic rings. The lowest BCUT2D eigenvalue weighted by Crippen LogP contribution is -3.10. The minimum Gasteiger partial charge on any atom is -0.492 e. The second kappa shape index (κ2) is 6.82. The molecule has 1 N–H and O–H groups in total. The molecular formula is C20H21ClNO4+. The minimum atomic E-state index is 0.00591. The number of carbonyl (C=O) groups excluding carboxylic acids is 1. The molecule has 2 heterocycles. The van der Waals surface area contributed by atoms with E-state index >= 15 is 0 Å². The van der Waals surface area contributed by atoms with E-state index in [-0.39, 0.29) is 18.6 Å². The number of methoxy groups -OCH3 is 1. The SMILES string of the molecule is COc1c2c(cc3c1[C@@H](CC(=O)c1ccc(Cl)cc1)[NH+](C)CC3)OCO2. The first-order valence-electron chi connectivity index (χ1n) is 8.69. The molecule has 136 valence electrons. The maximum atomic E-state index is 12.9. The van der Waals surface area contributed by atoms with Crippen LogP contribution in [0, 0.1) is 0 Å². The van der Waals surface area contributed by atoms with E-state index in [0.717, 1.165) is 24.3 Å². The summed E-state index contributed by atoms with van der Waals surface area (Å²) in [5.41, 5.74) is 2.91. The number of carbonyl (C=O) groups is 1. The molecule has 0 spiro atoms. The fraction of sp³-hybridized carbons (Fsp3) is 0.350. The number of quaternary nitrogens is 1. The van der Waals surface area contributed by atoms with Crippen molar-refractivity contribution in [3.8, 4) is 17.2 Å². The molecule has 2 aliphatic rings. The number of ketones is 1. The third kappa shape index (κ3) is 2.91. The summed E-state index contributed by atoms with van der Waals surface area (Å²) in [5.74, 6) is 2.16. The van der Waals surface area contributed by atoms with Crippen LogP contribution in [-0.2, 0) is 6.42 Å². The number of likely N-dealkylation sites (N-methyl/N-ethyl adjacent to an activating group) is 1. The van der Waals surface area contributed by atoms with Gasteiger partial charge in [0.15, 0.2) is 17.3 Å². The number of benzene rings is 2. The Labute approximate surface area is 157 Å². The van der Waals surface area contributed by atoms with Crippen molar-refractivity contribution in [2.24, 2.45) is 0 Å². The second-order valence-corrected chi connectivity index (χ2v) is 7.19. The van der Waals surface area contributed by atoms with Crippen LogP contribution in [0.15, 0.2) is 30.3 Å². The van der Waals surface area contributed by atoms with Gasteiger partial charge in [-0.05, 0) is 35.9 Å². The maximum absolute atomic E-state index is 12.9. The van der Waals surface area contributed by atoms with Crippen LogP contribution < -0.4 is 19.1 Å². The van der Waals surface area contributed by atoms with E-state index in [4.69, 9.17) is 25.8 Å². The minimum absolute atomic E-state index is 0.00591. The average molecular weight is 375 g/mol. The molecule has 0 radical (unpaired) electrons. The molecule has 1 unspecified atom stereocenters. The highest BCUT2D eigenvalue weighted by molar-refractivity contribution is 6.30. The maximum Gasteiger partial charge on any atom is 0.231 e. The van der Waals surface area contributed by atoms with E-state index in [1.54, 1.807) is 31.4 Å². The topological polar surface area (TPSA) is 49.2 Å². The Balaban J connectivity index is 1.71. The van der Waals surface area contributed by atoms with Crippen LogP contribution in [0.3, 0.4) is 0 Å². The van der Waals surface area contributed by atoms with Crippen molar-refractivity contribution in [2.75, 3.05) is 27.5 Å². The van der Waals surface area contributed by atoms with E-state index in [2.05, 4.69) is 7.05 Å². The molecule has 0 saturated carbocycles. The Bertz CT molecular complexity index is 850. The number of rotatable bonds is 4. The normalized spacial score (nSPS) is 20.6. The smallest absolute Gasteiger partial charge is 0.231 e. The summed E-state index contributed by atoms with van der Waals surface area (Å²) in [5, 5.41) is 0.627. The zero-order valence-electron chi connectivity index (χ0n) is 14.8. The van der Waals surface area contributed by atoms with E-state index in [9.17, 15) is 4.79 Å². The fourth-order valence-corrected chi connectivity index (χ4v) is 3.96. The number of hydrogen-bond acceptors (Lipinski definition) is 4. The Morgan fingerprint density at radius 1 is 1.31 bits per heavy atom. The van der Waals surface area contributed by atoms with E-state index in [1.807, 2.05) is 6.07 Å². The number of ether oxygens (including phenoxy) is 3. The van der Waals surface area contributed by atoms with Crippen molar-refractivity contribution >= 4 is 17.4 Å². The largest absolute Gasteiger partial charge is 0.492 e. The van der Waals surface area contributed by atoms with Gasteiger partial charge in [0.25, 0.3) is 0 Å². The number of Topliss-reactive ketones (excluding diaryl/α,β-unsaturated/α-hetero) is 1.